The summed E-state index contributed by atoms with van der Waals surface area (Å²) in [5.41, 5.74) is 4.73. The van der Waals surface area contributed by atoms with Gasteiger partial charge in [-0.2, -0.15) is 5.10 Å². The highest BCUT2D eigenvalue weighted by molar-refractivity contribution is 5.91. The zero-order valence-electron chi connectivity index (χ0n) is 20.9. The number of anilines is 1. The van der Waals surface area contributed by atoms with Crippen LogP contribution in [0, 0.1) is 17.8 Å². The smallest absolute Gasteiger partial charge is 0.335 e. The Bertz CT molecular complexity index is 907. The van der Waals surface area contributed by atoms with E-state index in [1.165, 1.54) is 37.8 Å². The summed E-state index contributed by atoms with van der Waals surface area (Å²) in [6.45, 7) is 0. The summed E-state index contributed by atoms with van der Waals surface area (Å²) in [6.07, 6.45) is 13.1. The number of carboxylic acid groups (broad SMARTS) is 2. The molecule has 2 aliphatic rings. The first kappa shape index (κ1) is 27.9. The molecule has 4 atom stereocenters. The molecule has 0 aliphatic heterocycles. The molecule has 1 aromatic carbocycles. The van der Waals surface area contributed by atoms with Crippen LogP contribution in [0.4, 0.5) is 5.69 Å². The highest BCUT2D eigenvalue weighted by atomic mass is 16.4. The van der Waals surface area contributed by atoms with Crippen LogP contribution in [0.5, 0.6) is 0 Å². The molecular weight excluding hydrogens is 460 g/mol. The van der Waals surface area contributed by atoms with E-state index in [2.05, 4.69) is 10.5 Å². The third-order valence-corrected chi connectivity index (χ3v) is 7.48. The minimum absolute atomic E-state index is 0.0141. The number of nitrogens with one attached hydrogen (secondary N) is 1. The molecular formula is C28H40N2O6. The largest absolute Gasteiger partial charge is 0.481 e. The van der Waals surface area contributed by atoms with E-state index in [4.69, 9.17) is 10.2 Å². The first-order valence-electron chi connectivity index (χ1n) is 13.3. The summed E-state index contributed by atoms with van der Waals surface area (Å²) in [5.74, 6) is -1.31. The minimum Gasteiger partial charge on any atom is -0.481 e. The van der Waals surface area contributed by atoms with Crippen LogP contribution in [0.25, 0.3) is 0 Å². The third-order valence-electron chi connectivity index (χ3n) is 7.48. The van der Waals surface area contributed by atoms with E-state index in [0.717, 1.165) is 37.8 Å². The number of aliphatic hydroxyl groups is 2. The van der Waals surface area contributed by atoms with Crippen LogP contribution in [0.3, 0.4) is 0 Å². The zero-order chi connectivity index (χ0) is 25.9. The van der Waals surface area contributed by atoms with Gasteiger partial charge in [0.05, 0.1) is 23.5 Å². The van der Waals surface area contributed by atoms with Crippen molar-refractivity contribution >= 4 is 23.3 Å². The molecule has 2 saturated carbocycles. The molecule has 0 radical (unpaired) electrons. The minimum atomic E-state index is -0.986. The molecule has 0 bridgehead atoms. The number of nitrogens with zero attached hydrogens (tertiary/aromatic N) is 1. The van der Waals surface area contributed by atoms with E-state index in [-0.39, 0.29) is 23.8 Å². The Kier molecular flexibility index (Phi) is 10.9. The maximum atomic E-state index is 11.1. The number of carboxylic acids is 2. The molecule has 8 nitrogen and oxygen atoms in total. The fourth-order valence-electron chi connectivity index (χ4n) is 5.48. The van der Waals surface area contributed by atoms with Gasteiger partial charge in [0.1, 0.15) is 0 Å². The van der Waals surface area contributed by atoms with Gasteiger partial charge in [-0.05, 0) is 49.4 Å². The SMILES string of the molecule is O=C(O)CCCCCC[C@H]1C(=NNc2ccc(C(=O)O)cc2)C[C@@H](O)[C@@H]1C=CC(O)CC1CCCC1. The molecule has 2 aliphatic carbocycles. The Hall–Kier alpha value is -2.71. The van der Waals surface area contributed by atoms with Gasteiger partial charge in [-0.15, -0.1) is 0 Å². The Morgan fingerprint density at radius 2 is 1.75 bits per heavy atom. The lowest BCUT2D eigenvalue weighted by Gasteiger charge is -2.20. The molecule has 3 rings (SSSR count). The van der Waals surface area contributed by atoms with Crippen molar-refractivity contribution in [2.45, 2.75) is 89.3 Å². The van der Waals surface area contributed by atoms with Crippen LogP contribution in [-0.2, 0) is 4.79 Å². The van der Waals surface area contributed by atoms with Crippen molar-refractivity contribution in [3.8, 4) is 0 Å². The predicted octanol–water partition coefficient (Wildman–Crippen LogP) is 5.07. The van der Waals surface area contributed by atoms with Crippen molar-refractivity contribution in [2.75, 3.05) is 5.43 Å². The molecule has 8 heteroatoms. The van der Waals surface area contributed by atoms with Crippen molar-refractivity contribution < 1.29 is 30.0 Å². The van der Waals surface area contributed by atoms with Gasteiger partial charge >= 0.3 is 11.9 Å². The zero-order valence-corrected chi connectivity index (χ0v) is 20.9. The van der Waals surface area contributed by atoms with Gasteiger partial charge in [0.15, 0.2) is 0 Å². The van der Waals surface area contributed by atoms with Crippen molar-refractivity contribution in [3.63, 3.8) is 0 Å². The van der Waals surface area contributed by atoms with Gasteiger partial charge in [0.2, 0.25) is 0 Å². The number of hydrogen-bond acceptors (Lipinski definition) is 6. The molecule has 36 heavy (non-hydrogen) atoms. The Balaban J connectivity index is 1.64. The third kappa shape index (κ3) is 8.75. The lowest BCUT2D eigenvalue weighted by atomic mass is 9.87. The fraction of sp³-hybridized carbons (Fsp3) is 0.607. The summed E-state index contributed by atoms with van der Waals surface area (Å²) in [7, 11) is 0. The van der Waals surface area contributed by atoms with Gasteiger partial charge < -0.3 is 20.4 Å². The molecule has 1 aromatic rings. The van der Waals surface area contributed by atoms with E-state index in [9.17, 15) is 19.8 Å². The van der Waals surface area contributed by atoms with Crippen molar-refractivity contribution in [2.24, 2.45) is 22.9 Å². The number of hydrogen-bond donors (Lipinski definition) is 5. The number of aliphatic hydroxyl groups excluding tert-OH is 2. The number of rotatable bonds is 14. The lowest BCUT2D eigenvalue weighted by Crippen LogP contribution is -2.20. The van der Waals surface area contributed by atoms with Crippen molar-refractivity contribution in [3.05, 3.63) is 42.0 Å². The molecule has 0 aromatic heterocycles. The quantitative estimate of drug-likeness (QED) is 0.136. The highest BCUT2D eigenvalue weighted by Gasteiger charge is 2.38. The summed E-state index contributed by atoms with van der Waals surface area (Å²) in [4.78, 5) is 21.8. The second kappa shape index (κ2) is 14.1. The Morgan fingerprint density at radius 1 is 1.06 bits per heavy atom. The van der Waals surface area contributed by atoms with Crippen LogP contribution in [0.2, 0.25) is 0 Å². The highest BCUT2D eigenvalue weighted by Crippen LogP contribution is 2.36. The van der Waals surface area contributed by atoms with Crippen LogP contribution < -0.4 is 5.43 Å². The summed E-state index contributed by atoms with van der Waals surface area (Å²) in [6, 6.07) is 6.35. The molecule has 198 valence electrons. The maximum Gasteiger partial charge on any atom is 0.335 e. The van der Waals surface area contributed by atoms with Crippen LogP contribution in [0.15, 0.2) is 41.5 Å². The molecule has 0 saturated heterocycles. The average Bonchev–Trinajstić information content (AvgIpc) is 3.46. The molecule has 5 N–H and O–H groups in total. The van der Waals surface area contributed by atoms with Crippen LogP contribution >= 0.6 is 0 Å². The summed E-state index contributed by atoms with van der Waals surface area (Å²) < 4.78 is 0. The Labute approximate surface area is 213 Å². The van der Waals surface area contributed by atoms with Gasteiger partial charge in [-0.25, -0.2) is 4.79 Å². The number of unbranched alkanes of at least 4 members (excludes halogenated alkanes) is 3. The molecule has 1 unspecified atom stereocenters. The van der Waals surface area contributed by atoms with E-state index in [1.807, 2.05) is 12.2 Å². The number of aliphatic carboxylic acids is 1. The molecule has 0 spiro atoms. The van der Waals surface area contributed by atoms with E-state index >= 15 is 0 Å². The van der Waals surface area contributed by atoms with E-state index in [0.29, 0.717) is 24.4 Å². The number of aromatic carboxylic acids is 1. The number of hydrazone groups is 1. The second-order valence-electron chi connectivity index (χ2n) is 10.2. The predicted molar refractivity (Wildman–Crippen MR) is 139 cm³/mol. The standard InChI is InChI=1S/C28H40N2O6/c31-22(17-19-7-5-6-8-19)15-16-24-23(9-3-1-2-4-10-27(33)34)25(18-26(24)32)30-29-21-13-11-20(12-14-21)28(35)36/h11-16,19,22-24,26,29,31-32H,1-10,17-18H2,(H,33,34)(H,35,36)/t22?,23-,24-,26-/m1/s1. The number of benzene rings is 1. The average molecular weight is 501 g/mol. The van der Waals surface area contributed by atoms with Gasteiger partial charge in [-0.3, -0.25) is 10.2 Å². The first-order valence-corrected chi connectivity index (χ1v) is 13.3. The molecule has 0 amide bonds. The van der Waals surface area contributed by atoms with Crippen molar-refractivity contribution in [1.29, 1.82) is 0 Å². The lowest BCUT2D eigenvalue weighted by molar-refractivity contribution is -0.137. The van der Waals surface area contributed by atoms with E-state index < -0.39 is 24.1 Å². The second-order valence-corrected chi connectivity index (χ2v) is 10.2. The Morgan fingerprint density at radius 3 is 2.42 bits per heavy atom. The molecule has 2 fully saturated rings. The van der Waals surface area contributed by atoms with Crippen molar-refractivity contribution in [1.82, 2.24) is 0 Å². The topological polar surface area (TPSA) is 139 Å². The maximum absolute atomic E-state index is 11.1. The van der Waals surface area contributed by atoms with Crippen LogP contribution in [-0.4, -0.2) is 50.3 Å². The fourth-order valence-corrected chi connectivity index (χ4v) is 5.48. The molecule has 0 heterocycles. The van der Waals surface area contributed by atoms with Gasteiger partial charge in [0.25, 0.3) is 0 Å². The van der Waals surface area contributed by atoms with E-state index in [1.54, 1.807) is 12.1 Å². The van der Waals surface area contributed by atoms with Gasteiger partial charge in [-0.1, -0.05) is 57.1 Å². The summed E-state index contributed by atoms with van der Waals surface area (Å²) >= 11 is 0. The van der Waals surface area contributed by atoms with Gasteiger partial charge in [0, 0.05) is 30.4 Å². The first-order chi connectivity index (χ1) is 17.3. The normalized spacial score (nSPS) is 24.5. The monoisotopic (exact) mass is 500 g/mol. The van der Waals surface area contributed by atoms with Crippen LogP contribution in [0.1, 0.15) is 87.4 Å². The summed E-state index contributed by atoms with van der Waals surface area (Å²) in [5, 5.41) is 43.9. The number of carbonyl (C=O) groups is 2.